The molecule has 0 atom stereocenters. The Morgan fingerprint density at radius 3 is 2.38 bits per heavy atom. The van der Waals surface area contributed by atoms with E-state index in [2.05, 4.69) is 24.3 Å². The van der Waals surface area contributed by atoms with Gasteiger partial charge in [-0.25, -0.2) is 5.84 Å². The molecule has 0 amide bonds. The van der Waals surface area contributed by atoms with Crippen molar-refractivity contribution in [3.8, 4) is 0 Å². The zero-order valence-electron chi connectivity index (χ0n) is 8.71. The van der Waals surface area contributed by atoms with E-state index >= 15 is 0 Å². The Morgan fingerprint density at radius 2 is 1.92 bits per heavy atom. The van der Waals surface area contributed by atoms with E-state index in [4.69, 9.17) is 5.84 Å². The summed E-state index contributed by atoms with van der Waals surface area (Å²) in [4.78, 5) is 4.50. The van der Waals surface area contributed by atoms with Crippen molar-refractivity contribution in [2.45, 2.75) is 52.0 Å². The molecule has 0 spiro atoms. The van der Waals surface area contributed by atoms with Crippen molar-refractivity contribution in [2.75, 3.05) is 0 Å². The fraction of sp³-hybridized carbons (Fsp3) is 0.900. The molecule has 1 saturated carbocycles. The predicted octanol–water partition coefficient (Wildman–Crippen LogP) is 1.84. The van der Waals surface area contributed by atoms with Crippen LogP contribution in [0.3, 0.4) is 0 Å². The lowest BCUT2D eigenvalue weighted by Gasteiger charge is -2.23. The summed E-state index contributed by atoms with van der Waals surface area (Å²) in [6.07, 6.45) is 6.51. The second-order valence-electron chi connectivity index (χ2n) is 4.09. The second-order valence-corrected chi connectivity index (χ2v) is 4.09. The Bertz CT molecular complexity index is 169. The van der Waals surface area contributed by atoms with Gasteiger partial charge in [-0.15, -0.1) is 0 Å². The molecule has 0 aliphatic heterocycles. The Morgan fingerprint density at radius 1 is 1.31 bits per heavy atom. The first-order valence-corrected chi connectivity index (χ1v) is 5.28. The Hall–Kier alpha value is -0.570. The van der Waals surface area contributed by atoms with Gasteiger partial charge in [0.15, 0.2) is 0 Å². The molecular formula is C10H21N3. The molecule has 0 bridgehead atoms. The number of hydrogen-bond acceptors (Lipinski definition) is 2. The Kier molecular flexibility index (Phi) is 4.22. The molecule has 0 aromatic carbocycles. The molecule has 0 saturated heterocycles. The van der Waals surface area contributed by atoms with Crippen LogP contribution in [0.1, 0.15) is 46.0 Å². The SMILES string of the molecule is CC(C)N=C(NN)C1CCCCC1. The lowest BCUT2D eigenvalue weighted by Crippen LogP contribution is -2.37. The molecule has 1 fully saturated rings. The summed E-state index contributed by atoms with van der Waals surface area (Å²) < 4.78 is 0. The van der Waals surface area contributed by atoms with Crippen LogP contribution in [0.2, 0.25) is 0 Å². The highest BCUT2D eigenvalue weighted by atomic mass is 15.3. The number of rotatable bonds is 2. The molecule has 76 valence electrons. The maximum Gasteiger partial charge on any atom is 0.114 e. The molecular weight excluding hydrogens is 162 g/mol. The fourth-order valence-electron chi connectivity index (χ4n) is 1.91. The summed E-state index contributed by atoms with van der Waals surface area (Å²) in [7, 11) is 0. The van der Waals surface area contributed by atoms with E-state index in [-0.39, 0.29) is 0 Å². The molecule has 0 heterocycles. The van der Waals surface area contributed by atoms with Gasteiger partial charge in [-0.2, -0.15) is 0 Å². The molecule has 1 aliphatic rings. The summed E-state index contributed by atoms with van der Waals surface area (Å²) in [6, 6.07) is 0.341. The summed E-state index contributed by atoms with van der Waals surface area (Å²) >= 11 is 0. The molecule has 3 nitrogen and oxygen atoms in total. The summed E-state index contributed by atoms with van der Waals surface area (Å²) in [5.41, 5.74) is 2.75. The lowest BCUT2D eigenvalue weighted by atomic mass is 9.88. The Balaban J connectivity index is 2.53. The van der Waals surface area contributed by atoms with E-state index in [1.54, 1.807) is 0 Å². The second kappa shape index (κ2) is 5.22. The van der Waals surface area contributed by atoms with E-state index in [0.717, 1.165) is 5.84 Å². The highest BCUT2D eigenvalue weighted by Crippen LogP contribution is 2.24. The number of nitrogens with zero attached hydrogens (tertiary/aromatic N) is 1. The number of hydrazine groups is 1. The fourth-order valence-corrected chi connectivity index (χ4v) is 1.91. The minimum atomic E-state index is 0.341. The minimum absolute atomic E-state index is 0.341. The molecule has 1 rings (SSSR count). The zero-order valence-corrected chi connectivity index (χ0v) is 8.71. The van der Waals surface area contributed by atoms with Crippen LogP contribution in [-0.4, -0.2) is 11.9 Å². The number of nitrogens with two attached hydrogens (primary N) is 1. The van der Waals surface area contributed by atoms with Crippen LogP contribution in [-0.2, 0) is 0 Å². The first-order chi connectivity index (χ1) is 6.24. The number of aliphatic imine (C=N–C) groups is 1. The standard InChI is InChI=1S/C10H21N3/c1-8(2)12-10(13-11)9-6-4-3-5-7-9/h8-9H,3-7,11H2,1-2H3,(H,12,13). The van der Waals surface area contributed by atoms with Gasteiger partial charge in [-0.1, -0.05) is 19.3 Å². The van der Waals surface area contributed by atoms with Crippen molar-refractivity contribution in [2.24, 2.45) is 16.8 Å². The van der Waals surface area contributed by atoms with Gasteiger partial charge in [0.1, 0.15) is 5.84 Å². The molecule has 3 heteroatoms. The van der Waals surface area contributed by atoms with Gasteiger partial charge in [0.2, 0.25) is 0 Å². The van der Waals surface area contributed by atoms with E-state index in [9.17, 15) is 0 Å². The van der Waals surface area contributed by atoms with Gasteiger partial charge in [0.05, 0.1) is 0 Å². The number of amidine groups is 1. The van der Waals surface area contributed by atoms with Crippen LogP contribution < -0.4 is 11.3 Å². The molecule has 3 N–H and O–H groups in total. The van der Waals surface area contributed by atoms with Crippen molar-refractivity contribution < 1.29 is 0 Å². The average molecular weight is 183 g/mol. The highest BCUT2D eigenvalue weighted by molar-refractivity contribution is 5.84. The summed E-state index contributed by atoms with van der Waals surface area (Å²) in [5.74, 6) is 7.06. The van der Waals surface area contributed by atoms with Gasteiger partial charge in [0, 0.05) is 12.0 Å². The van der Waals surface area contributed by atoms with Crippen LogP contribution in [0.5, 0.6) is 0 Å². The first kappa shape index (κ1) is 10.5. The largest absolute Gasteiger partial charge is 0.312 e. The van der Waals surface area contributed by atoms with Crippen molar-refractivity contribution in [1.82, 2.24) is 5.43 Å². The smallest absolute Gasteiger partial charge is 0.114 e. The van der Waals surface area contributed by atoms with E-state index in [0.29, 0.717) is 12.0 Å². The molecule has 13 heavy (non-hydrogen) atoms. The molecule has 0 radical (unpaired) electrons. The van der Waals surface area contributed by atoms with Crippen LogP contribution in [0.25, 0.3) is 0 Å². The zero-order chi connectivity index (χ0) is 9.68. The maximum absolute atomic E-state index is 5.47. The maximum atomic E-state index is 5.47. The van der Waals surface area contributed by atoms with Crippen molar-refractivity contribution in [3.63, 3.8) is 0 Å². The highest BCUT2D eigenvalue weighted by Gasteiger charge is 2.18. The van der Waals surface area contributed by atoms with Crippen molar-refractivity contribution in [3.05, 3.63) is 0 Å². The van der Waals surface area contributed by atoms with Crippen molar-refractivity contribution >= 4 is 5.84 Å². The summed E-state index contributed by atoms with van der Waals surface area (Å²) in [6.45, 7) is 4.17. The lowest BCUT2D eigenvalue weighted by molar-refractivity contribution is 0.430. The predicted molar refractivity (Wildman–Crippen MR) is 56.5 cm³/mol. The quantitative estimate of drug-likeness (QED) is 0.297. The number of hydrogen-bond donors (Lipinski definition) is 2. The topological polar surface area (TPSA) is 50.4 Å². The third-order valence-electron chi connectivity index (χ3n) is 2.54. The average Bonchev–Trinajstić information content (AvgIpc) is 2.15. The van der Waals surface area contributed by atoms with Gasteiger partial charge >= 0.3 is 0 Å². The Labute approximate surface area is 80.8 Å². The van der Waals surface area contributed by atoms with Gasteiger partial charge in [0.25, 0.3) is 0 Å². The van der Waals surface area contributed by atoms with E-state index in [1.165, 1.54) is 32.1 Å². The van der Waals surface area contributed by atoms with Crippen LogP contribution in [0.15, 0.2) is 4.99 Å². The van der Waals surface area contributed by atoms with Crippen LogP contribution >= 0.6 is 0 Å². The van der Waals surface area contributed by atoms with Gasteiger partial charge in [-0.05, 0) is 26.7 Å². The van der Waals surface area contributed by atoms with E-state index in [1.807, 2.05) is 0 Å². The van der Waals surface area contributed by atoms with Crippen LogP contribution in [0.4, 0.5) is 0 Å². The molecule has 1 aliphatic carbocycles. The third kappa shape index (κ3) is 3.35. The van der Waals surface area contributed by atoms with Crippen molar-refractivity contribution in [1.29, 1.82) is 0 Å². The monoisotopic (exact) mass is 183 g/mol. The summed E-state index contributed by atoms with van der Waals surface area (Å²) in [5, 5.41) is 0. The third-order valence-corrected chi connectivity index (χ3v) is 2.54. The van der Waals surface area contributed by atoms with E-state index < -0.39 is 0 Å². The van der Waals surface area contributed by atoms with Crippen LogP contribution in [0, 0.1) is 5.92 Å². The minimum Gasteiger partial charge on any atom is -0.312 e. The molecule has 0 aromatic rings. The molecule has 0 unspecified atom stereocenters. The number of nitrogens with one attached hydrogen (secondary N) is 1. The normalized spacial score (nSPS) is 20.8. The van der Waals surface area contributed by atoms with Gasteiger partial charge < -0.3 is 5.43 Å². The molecule has 0 aromatic heterocycles. The first-order valence-electron chi connectivity index (χ1n) is 5.28. The van der Waals surface area contributed by atoms with Gasteiger partial charge in [-0.3, -0.25) is 4.99 Å².